The molecule has 1 heterocycles. The average molecular weight is 309 g/mol. The molecule has 120 valence electrons. The second-order valence-electron chi connectivity index (χ2n) is 6.05. The number of carbonyl (C=O) groups is 1. The van der Waals surface area contributed by atoms with E-state index < -0.39 is 0 Å². The van der Waals surface area contributed by atoms with Gasteiger partial charge in [-0.05, 0) is 29.5 Å². The summed E-state index contributed by atoms with van der Waals surface area (Å²) in [5, 5.41) is 3.01. The molecule has 23 heavy (non-hydrogen) atoms. The Hall–Kier alpha value is -2.13. The van der Waals surface area contributed by atoms with E-state index in [4.69, 9.17) is 4.74 Å². The van der Waals surface area contributed by atoms with Crippen LogP contribution in [0.5, 0.6) is 0 Å². The zero-order valence-corrected chi connectivity index (χ0v) is 13.3. The van der Waals surface area contributed by atoms with Crippen molar-refractivity contribution in [3.63, 3.8) is 0 Å². The smallest absolute Gasteiger partial charge is 0.220 e. The van der Waals surface area contributed by atoms with Gasteiger partial charge in [0.05, 0.1) is 12.7 Å². The first-order valence-corrected chi connectivity index (χ1v) is 8.30. The van der Waals surface area contributed by atoms with Gasteiger partial charge in [0.1, 0.15) is 0 Å². The summed E-state index contributed by atoms with van der Waals surface area (Å²) >= 11 is 0. The van der Waals surface area contributed by atoms with E-state index >= 15 is 0 Å². The molecular formula is C20H23NO2. The van der Waals surface area contributed by atoms with Crippen molar-refractivity contribution in [2.24, 2.45) is 0 Å². The van der Waals surface area contributed by atoms with Gasteiger partial charge in [-0.15, -0.1) is 0 Å². The zero-order valence-electron chi connectivity index (χ0n) is 13.3. The van der Waals surface area contributed by atoms with Crippen molar-refractivity contribution in [1.82, 2.24) is 5.32 Å². The van der Waals surface area contributed by atoms with E-state index in [1.807, 2.05) is 24.3 Å². The predicted molar refractivity (Wildman–Crippen MR) is 91.1 cm³/mol. The quantitative estimate of drug-likeness (QED) is 0.889. The molecule has 0 aliphatic carbocycles. The van der Waals surface area contributed by atoms with Crippen molar-refractivity contribution in [3.05, 3.63) is 71.3 Å². The maximum atomic E-state index is 12.0. The van der Waals surface area contributed by atoms with Crippen LogP contribution in [0.4, 0.5) is 0 Å². The Labute approximate surface area is 137 Å². The number of hydrogen-bond acceptors (Lipinski definition) is 2. The Morgan fingerprint density at radius 3 is 2.61 bits per heavy atom. The molecule has 1 atom stereocenters. The number of benzene rings is 2. The lowest BCUT2D eigenvalue weighted by Gasteiger charge is -2.25. The van der Waals surface area contributed by atoms with Crippen LogP contribution in [-0.2, 0) is 29.0 Å². The SMILES string of the molecule is O=C(CCCc1ccccc1)NCC1Cc2ccccc2CO1. The van der Waals surface area contributed by atoms with Gasteiger partial charge in [-0.3, -0.25) is 4.79 Å². The number of fused-ring (bicyclic) bond motifs is 1. The van der Waals surface area contributed by atoms with Crippen LogP contribution in [-0.4, -0.2) is 18.6 Å². The maximum absolute atomic E-state index is 12.0. The molecular weight excluding hydrogens is 286 g/mol. The van der Waals surface area contributed by atoms with Crippen LogP contribution in [0, 0.1) is 0 Å². The molecule has 2 aromatic carbocycles. The minimum Gasteiger partial charge on any atom is -0.371 e. The van der Waals surface area contributed by atoms with Crippen molar-refractivity contribution in [3.8, 4) is 0 Å². The van der Waals surface area contributed by atoms with Crippen molar-refractivity contribution in [1.29, 1.82) is 0 Å². The fourth-order valence-electron chi connectivity index (χ4n) is 2.95. The van der Waals surface area contributed by atoms with Crippen LogP contribution in [0.2, 0.25) is 0 Å². The van der Waals surface area contributed by atoms with Crippen molar-refractivity contribution >= 4 is 5.91 Å². The van der Waals surface area contributed by atoms with Crippen LogP contribution < -0.4 is 5.32 Å². The third-order valence-electron chi connectivity index (χ3n) is 4.28. The molecule has 1 N–H and O–H groups in total. The summed E-state index contributed by atoms with van der Waals surface area (Å²) in [6, 6.07) is 18.6. The molecule has 1 aliphatic heterocycles. The summed E-state index contributed by atoms with van der Waals surface area (Å²) in [7, 11) is 0. The fraction of sp³-hybridized carbons (Fsp3) is 0.350. The summed E-state index contributed by atoms with van der Waals surface area (Å²) in [5.74, 6) is 0.114. The first-order chi connectivity index (χ1) is 11.3. The molecule has 1 amide bonds. The lowest BCUT2D eigenvalue weighted by molar-refractivity contribution is -0.122. The third kappa shape index (κ3) is 4.67. The minimum absolute atomic E-state index is 0.0861. The van der Waals surface area contributed by atoms with Gasteiger partial charge in [0.25, 0.3) is 0 Å². The molecule has 1 aliphatic rings. The highest BCUT2D eigenvalue weighted by Crippen LogP contribution is 2.19. The van der Waals surface area contributed by atoms with Gasteiger partial charge in [0.15, 0.2) is 0 Å². The molecule has 3 nitrogen and oxygen atoms in total. The average Bonchev–Trinajstić information content (AvgIpc) is 2.61. The Morgan fingerprint density at radius 1 is 1.04 bits per heavy atom. The van der Waals surface area contributed by atoms with E-state index in [9.17, 15) is 4.79 Å². The number of hydrogen-bond donors (Lipinski definition) is 1. The predicted octanol–water partition coefficient (Wildman–Crippen LogP) is 3.27. The molecule has 2 aromatic rings. The van der Waals surface area contributed by atoms with E-state index in [2.05, 4.69) is 35.6 Å². The molecule has 0 saturated heterocycles. The summed E-state index contributed by atoms with van der Waals surface area (Å²) in [5.41, 5.74) is 3.88. The van der Waals surface area contributed by atoms with E-state index in [-0.39, 0.29) is 12.0 Å². The van der Waals surface area contributed by atoms with Gasteiger partial charge < -0.3 is 10.1 Å². The Balaban J connectivity index is 1.37. The molecule has 3 rings (SSSR count). The summed E-state index contributed by atoms with van der Waals surface area (Å²) < 4.78 is 5.81. The molecule has 3 heteroatoms. The number of aryl methyl sites for hydroxylation is 1. The first kappa shape index (κ1) is 15.8. The monoisotopic (exact) mass is 309 g/mol. The van der Waals surface area contributed by atoms with Crippen LogP contribution in [0.1, 0.15) is 29.5 Å². The van der Waals surface area contributed by atoms with Crippen molar-refractivity contribution in [2.75, 3.05) is 6.54 Å². The van der Waals surface area contributed by atoms with E-state index in [1.54, 1.807) is 0 Å². The third-order valence-corrected chi connectivity index (χ3v) is 4.28. The fourth-order valence-corrected chi connectivity index (χ4v) is 2.95. The van der Waals surface area contributed by atoms with Crippen LogP contribution in [0.3, 0.4) is 0 Å². The van der Waals surface area contributed by atoms with Gasteiger partial charge in [-0.1, -0.05) is 54.6 Å². The number of rotatable bonds is 6. The molecule has 0 spiro atoms. The van der Waals surface area contributed by atoms with Gasteiger partial charge in [-0.2, -0.15) is 0 Å². The summed E-state index contributed by atoms with van der Waals surface area (Å²) in [4.78, 5) is 12.0. The van der Waals surface area contributed by atoms with Gasteiger partial charge >= 0.3 is 0 Å². The highest BCUT2D eigenvalue weighted by molar-refractivity contribution is 5.75. The highest BCUT2D eigenvalue weighted by atomic mass is 16.5. The molecule has 0 aromatic heterocycles. The lowest BCUT2D eigenvalue weighted by Crippen LogP contribution is -2.36. The molecule has 1 unspecified atom stereocenters. The van der Waals surface area contributed by atoms with Crippen molar-refractivity contribution < 1.29 is 9.53 Å². The van der Waals surface area contributed by atoms with E-state index in [0.29, 0.717) is 19.6 Å². The number of carbonyl (C=O) groups excluding carboxylic acids is 1. The standard InChI is InChI=1S/C20H23NO2/c22-20(12-6-9-16-7-2-1-3-8-16)21-14-19-13-17-10-4-5-11-18(17)15-23-19/h1-5,7-8,10-11,19H,6,9,12-15H2,(H,21,22). The molecule has 0 radical (unpaired) electrons. The largest absolute Gasteiger partial charge is 0.371 e. The number of ether oxygens (including phenoxy) is 1. The Morgan fingerprint density at radius 2 is 1.78 bits per heavy atom. The van der Waals surface area contributed by atoms with Crippen LogP contribution in [0.15, 0.2) is 54.6 Å². The van der Waals surface area contributed by atoms with E-state index in [0.717, 1.165) is 19.3 Å². The molecule has 0 fully saturated rings. The zero-order chi connectivity index (χ0) is 15.9. The van der Waals surface area contributed by atoms with Crippen LogP contribution in [0.25, 0.3) is 0 Å². The highest BCUT2D eigenvalue weighted by Gasteiger charge is 2.19. The molecule has 0 saturated carbocycles. The maximum Gasteiger partial charge on any atom is 0.220 e. The van der Waals surface area contributed by atoms with E-state index in [1.165, 1.54) is 16.7 Å². The first-order valence-electron chi connectivity index (χ1n) is 8.30. The second-order valence-corrected chi connectivity index (χ2v) is 6.05. The normalized spacial score (nSPS) is 16.6. The number of nitrogens with one attached hydrogen (secondary N) is 1. The van der Waals surface area contributed by atoms with Gasteiger partial charge in [0, 0.05) is 19.4 Å². The van der Waals surface area contributed by atoms with Crippen LogP contribution >= 0.6 is 0 Å². The van der Waals surface area contributed by atoms with Crippen molar-refractivity contribution in [2.45, 2.75) is 38.4 Å². The number of amides is 1. The second kappa shape index (κ2) is 7.93. The topological polar surface area (TPSA) is 38.3 Å². The summed E-state index contributed by atoms with van der Waals surface area (Å²) in [6.45, 7) is 1.24. The minimum atomic E-state index is 0.0861. The lowest BCUT2D eigenvalue weighted by atomic mass is 9.99. The molecule has 0 bridgehead atoms. The Bertz CT molecular complexity index is 639. The Kier molecular flexibility index (Phi) is 5.43. The summed E-state index contributed by atoms with van der Waals surface area (Å²) in [6.07, 6.45) is 3.35. The van der Waals surface area contributed by atoms with Gasteiger partial charge in [-0.25, -0.2) is 0 Å². The van der Waals surface area contributed by atoms with Gasteiger partial charge in [0.2, 0.25) is 5.91 Å².